The molecule has 12 heteroatoms. The van der Waals surface area contributed by atoms with Crippen LogP contribution in [0.1, 0.15) is 36.1 Å². The Labute approximate surface area is 240 Å². The van der Waals surface area contributed by atoms with Crippen LogP contribution in [0.3, 0.4) is 0 Å². The largest absolute Gasteiger partial charge is 0.496 e. The summed E-state index contributed by atoms with van der Waals surface area (Å²) in [6, 6.07) is 16.3. The molecule has 1 unspecified atom stereocenters. The van der Waals surface area contributed by atoms with Crippen LogP contribution in [0.4, 0.5) is 0 Å². The molecule has 0 fully saturated rings. The summed E-state index contributed by atoms with van der Waals surface area (Å²) in [7, 11) is -1.25. The van der Waals surface area contributed by atoms with Gasteiger partial charge in [-0.25, -0.2) is 0 Å². The molecule has 0 aliphatic heterocycles. The Morgan fingerprint density at radius 3 is 2.59 bits per heavy atom. The molecule has 0 radical (unpaired) electrons. The summed E-state index contributed by atoms with van der Waals surface area (Å²) in [5, 5.41) is 5.60. The molecule has 0 saturated carbocycles. The summed E-state index contributed by atoms with van der Waals surface area (Å²) in [6.07, 6.45) is 1.14. The number of rotatable bonds is 13. The number of fused-ring (bicyclic) bond motifs is 1. The first-order valence-electron chi connectivity index (χ1n) is 12.2. The van der Waals surface area contributed by atoms with Crippen molar-refractivity contribution in [3.8, 4) is 5.75 Å². The van der Waals surface area contributed by atoms with E-state index in [0.717, 1.165) is 22.0 Å². The number of Topliss-reactive ketones (excluding diaryl/α,β-unsaturated/α-hetero) is 1. The van der Waals surface area contributed by atoms with E-state index < -0.39 is 20.4 Å². The summed E-state index contributed by atoms with van der Waals surface area (Å²) in [5.41, 5.74) is 14.5. The highest BCUT2D eigenvalue weighted by Crippen LogP contribution is 2.34. The average Bonchev–Trinajstić information content (AvgIpc) is 3.50. The Bertz CT molecular complexity index is 1610. The SMILES string of the molecule is COc1cccc2c1c(CS(=O)(=S)c1ccc(Cl)s1)nn2Cc1cccc(CCC(=O)[C@@H](N)CCC(N)=O)c1. The van der Waals surface area contributed by atoms with Gasteiger partial charge in [0.2, 0.25) is 5.91 Å². The number of ether oxygens (including phenoxy) is 1. The molecule has 8 nitrogen and oxygen atoms in total. The maximum absolute atomic E-state index is 13.5. The van der Waals surface area contributed by atoms with Crippen LogP contribution < -0.4 is 16.2 Å². The first-order valence-corrected chi connectivity index (χ1v) is 16.1. The third-order valence-corrected chi connectivity index (χ3v) is 11.0. The number of thiophene rings is 1. The molecule has 39 heavy (non-hydrogen) atoms. The molecule has 4 N–H and O–H groups in total. The van der Waals surface area contributed by atoms with Crippen LogP contribution >= 0.6 is 22.9 Å². The topological polar surface area (TPSA) is 130 Å². The summed E-state index contributed by atoms with van der Waals surface area (Å²) in [6.45, 7) is 0.451. The number of ketones is 1. The zero-order valence-corrected chi connectivity index (χ0v) is 24.5. The Morgan fingerprint density at radius 2 is 1.90 bits per heavy atom. The number of carbonyl (C=O) groups excluding carboxylic acids is 2. The Kier molecular flexibility index (Phi) is 9.39. The van der Waals surface area contributed by atoms with E-state index in [9.17, 15) is 13.8 Å². The van der Waals surface area contributed by atoms with E-state index in [1.54, 1.807) is 19.2 Å². The number of hydrogen-bond acceptors (Lipinski definition) is 8. The van der Waals surface area contributed by atoms with Crippen molar-refractivity contribution < 1.29 is 18.5 Å². The van der Waals surface area contributed by atoms with Crippen molar-refractivity contribution >= 4 is 65.2 Å². The van der Waals surface area contributed by atoms with Crippen LogP contribution in [-0.4, -0.2) is 38.8 Å². The van der Waals surface area contributed by atoms with Gasteiger partial charge in [0, 0.05) is 12.8 Å². The Balaban J connectivity index is 1.56. The van der Waals surface area contributed by atoms with E-state index >= 15 is 0 Å². The van der Waals surface area contributed by atoms with Gasteiger partial charge in [-0.2, -0.15) is 5.10 Å². The molecule has 4 aromatic rings. The molecule has 0 aliphatic carbocycles. The lowest BCUT2D eigenvalue weighted by molar-refractivity contribution is -0.121. The lowest BCUT2D eigenvalue weighted by Crippen LogP contribution is -2.32. The minimum Gasteiger partial charge on any atom is -0.496 e. The van der Waals surface area contributed by atoms with E-state index in [1.807, 2.05) is 47.1 Å². The van der Waals surface area contributed by atoms with Gasteiger partial charge in [-0.3, -0.25) is 18.5 Å². The summed E-state index contributed by atoms with van der Waals surface area (Å²) < 4.78 is 22.0. The molecule has 206 valence electrons. The molecule has 0 aliphatic rings. The third-order valence-electron chi connectivity index (χ3n) is 6.31. The van der Waals surface area contributed by atoms with Gasteiger partial charge in [0.25, 0.3) is 0 Å². The predicted octanol–water partition coefficient (Wildman–Crippen LogP) is 4.21. The molecule has 0 saturated heterocycles. The van der Waals surface area contributed by atoms with Gasteiger partial charge >= 0.3 is 0 Å². The van der Waals surface area contributed by atoms with Crippen LogP contribution in [0.2, 0.25) is 4.34 Å². The quantitative estimate of drug-likeness (QED) is 0.234. The maximum Gasteiger partial charge on any atom is 0.217 e. The smallest absolute Gasteiger partial charge is 0.217 e. The minimum absolute atomic E-state index is 0.0706. The van der Waals surface area contributed by atoms with Crippen molar-refractivity contribution in [2.45, 2.75) is 48.2 Å². The van der Waals surface area contributed by atoms with Gasteiger partial charge in [-0.15, -0.1) is 11.3 Å². The minimum atomic E-state index is -2.84. The van der Waals surface area contributed by atoms with E-state index in [1.165, 1.54) is 11.3 Å². The zero-order chi connectivity index (χ0) is 28.2. The molecule has 4 rings (SSSR count). The Morgan fingerprint density at radius 1 is 1.15 bits per heavy atom. The van der Waals surface area contributed by atoms with Gasteiger partial charge < -0.3 is 16.2 Å². The fraction of sp³-hybridized carbons (Fsp3) is 0.296. The van der Waals surface area contributed by atoms with E-state index in [2.05, 4.69) is 0 Å². The second-order valence-electron chi connectivity index (χ2n) is 9.17. The van der Waals surface area contributed by atoms with Gasteiger partial charge in [-0.1, -0.05) is 41.9 Å². The number of nitrogens with zero attached hydrogens (tertiary/aromatic N) is 2. The predicted molar refractivity (Wildman–Crippen MR) is 158 cm³/mol. The molecule has 2 aromatic heterocycles. The number of amides is 1. The fourth-order valence-corrected chi connectivity index (χ4v) is 8.01. The molecule has 0 bridgehead atoms. The van der Waals surface area contributed by atoms with Crippen molar-refractivity contribution in [3.63, 3.8) is 0 Å². The van der Waals surface area contributed by atoms with Crippen LogP contribution in [0.5, 0.6) is 5.75 Å². The van der Waals surface area contributed by atoms with Crippen molar-refractivity contribution in [3.05, 3.63) is 75.8 Å². The van der Waals surface area contributed by atoms with Crippen molar-refractivity contribution in [1.82, 2.24) is 9.78 Å². The molecular weight excluding hydrogens is 576 g/mol. The van der Waals surface area contributed by atoms with Gasteiger partial charge in [-0.05, 0) is 59.4 Å². The molecule has 1 amide bonds. The highest BCUT2D eigenvalue weighted by Gasteiger charge is 2.22. The number of hydrogen-bond donors (Lipinski definition) is 2. The first kappa shape index (κ1) is 29.2. The van der Waals surface area contributed by atoms with E-state index in [-0.39, 0.29) is 30.8 Å². The monoisotopic (exact) mass is 604 g/mol. The van der Waals surface area contributed by atoms with E-state index in [4.69, 9.17) is 44.1 Å². The average molecular weight is 605 g/mol. The third kappa shape index (κ3) is 7.23. The normalized spacial score (nSPS) is 13.7. The van der Waals surface area contributed by atoms with Crippen molar-refractivity contribution in [1.29, 1.82) is 0 Å². The molecule has 2 aromatic carbocycles. The molecule has 2 atom stereocenters. The second kappa shape index (κ2) is 12.6. The van der Waals surface area contributed by atoms with Crippen molar-refractivity contribution in [2.75, 3.05) is 7.11 Å². The molecule has 2 heterocycles. The summed E-state index contributed by atoms with van der Waals surface area (Å²) >= 11 is 12.8. The zero-order valence-electron chi connectivity index (χ0n) is 21.3. The number of halogens is 1. The fourth-order valence-electron chi connectivity index (χ4n) is 4.35. The van der Waals surface area contributed by atoms with Crippen LogP contribution in [0, 0.1) is 0 Å². The molecular formula is C27H29ClN4O4S3. The standard InChI is InChI=1S/C27H29ClN4O4S3/c1-36-23-7-3-6-21-27(23)20(16-39(35,37)26-13-11-24(28)38-26)31-32(21)15-18-5-2-4-17(14-18)8-10-22(33)19(29)9-12-25(30)34/h2-7,11,13-14,19H,8-10,12,15-16,29H2,1H3,(H2,30,34)/t19-,39?/m0/s1. The highest BCUT2D eigenvalue weighted by atomic mass is 35.5. The van der Waals surface area contributed by atoms with Crippen molar-refractivity contribution in [2.24, 2.45) is 11.5 Å². The first-order chi connectivity index (χ1) is 18.6. The number of nitrogens with two attached hydrogens (primary N) is 2. The number of carbonyl (C=O) groups is 2. The number of aryl methyl sites for hydroxylation is 1. The highest BCUT2D eigenvalue weighted by molar-refractivity contribution is 8.33. The molecule has 0 spiro atoms. The number of primary amides is 1. The van der Waals surface area contributed by atoms with Gasteiger partial charge in [0.1, 0.15) is 11.5 Å². The lowest BCUT2D eigenvalue weighted by Gasteiger charge is -2.10. The summed E-state index contributed by atoms with van der Waals surface area (Å²) in [5.74, 6) is 0.129. The van der Waals surface area contributed by atoms with Crippen LogP contribution in [0.15, 0.2) is 58.8 Å². The Hall–Kier alpha value is -2.83. The number of aromatic nitrogens is 2. The summed E-state index contributed by atoms with van der Waals surface area (Å²) in [4.78, 5) is 23.4. The van der Waals surface area contributed by atoms with Crippen LogP contribution in [0.25, 0.3) is 10.9 Å². The van der Waals surface area contributed by atoms with Gasteiger partial charge in [0.15, 0.2) is 0 Å². The van der Waals surface area contributed by atoms with Crippen LogP contribution in [-0.2, 0) is 48.0 Å². The number of methoxy groups -OCH3 is 1. The second-order valence-corrected chi connectivity index (χ2v) is 14.7. The lowest BCUT2D eigenvalue weighted by atomic mass is 9.99. The maximum atomic E-state index is 13.5. The number of benzene rings is 2. The van der Waals surface area contributed by atoms with Gasteiger partial charge in [0.05, 0.1) is 59.1 Å². The van der Waals surface area contributed by atoms with E-state index in [0.29, 0.717) is 33.0 Å².